The summed E-state index contributed by atoms with van der Waals surface area (Å²) in [5.41, 5.74) is 1.88. The van der Waals surface area contributed by atoms with E-state index in [-0.39, 0.29) is 11.5 Å². The van der Waals surface area contributed by atoms with E-state index in [9.17, 15) is 14.0 Å². The number of hydrogen-bond acceptors (Lipinski definition) is 5. The Morgan fingerprint density at radius 1 is 1.15 bits per heavy atom. The number of methoxy groups -OCH3 is 1. The molecular formula is C26H24FN3O3S. The predicted molar refractivity (Wildman–Crippen MR) is 132 cm³/mol. The number of nitrogens with zero attached hydrogens (tertiary/aromatic N) is 2. The van der Waals surface area contributed by atoms with Gasteiger partial charge in [0.05, 0.1) is 29.0 Å². The molecule has 1 heterocycles. The van der Waals surface area contributed by atoms with Crippen molar-refractivity contribution in [1.29, 1.82) is 0 Å². The number of aryl methyl sites for hydroxylation is 1. The van der Waals surface area contributed by atoms with Crippen molar-refractivity contribution < 1.29 is 13.9 Å². The minimum atomic E-state index is -0.565. The Labute approximate surface area is 200 Å². The molecule has 1 atom stereocenters. The summed E-state index contributed by atoms with van der Waals surface area (Å²) >= 11 is 1.14. The molecule has 1 amide bonds. The number of carbonyl (C=O) groups is 1. The molecule has 1 unspecified atom stereocenters. The van der Waals surface area contributed by atoms with Gasteiger partial charge >= 0.3 is 0 Å². The first kappa shape index (κ1) is 23.5. The summed E-state index contributed by atoms with van der Waals surface area (Å²) in [6.07, 6.45) is 0. The molecule has 0 aliphatic rings. The molecule has 8 heteroatoms. The highest BCUT2D eigenvalue weighted by Crippen LogP contribution is 2.26. The zero-order valence-corrected chi connectivity index (χ0v) is 19.9. The van der Waals surface area contributed by atoms with Crippen LogP contribution < -0.4 is 15.6 Å². The first-order chi connectivity index (χ1) is 16.4. The Bertz CT molecular complexity index is 1420. The van der Waals surface area contributed by atoms with E-state index in [0.717, 1.165) is 17.3 Å². The Morgan fingerprint density at radius 2 is 1.88 bits per heavy atom. The average molecular weight is 478 g/mol. The fraction of sp³-hybridized carbons (Fsp3) is 0.192. The summed E-state index contributed by atoms with van der Waals surface area (Å²) in [6.45, 7) is 3.70. The van der Waals surface area contributed by atoms with Gasteiger partial charge in [-0.15, -0.1) is 0 Å². The lowest BCUT2D eigenvalue weighted by Gasteiger charge is -2.17. The summed E-state index contributed by atoms with van der Waals surface area (Å²) in [6, 6.07) is 19.0. The number of ether oxygens (including phenoxy) is 1. The second-order valence-corrected chi connectivity index (χ2v) is 9.08. The van der Waals surface area contributed by atoms with E-state index in [1.54, 1.807) is 57.4 Å². The van der Waals surface area contributed by atoms with Crippen LogP contribution in [0.1, 0.15) is 18.1 Å². The maximum Gasteiger partial charge on any atom is 0.266 e. The molecule has 0 fully saturated rings. The molecule has 0 bridgehead atoms. The molecule has 174 valence electrons. The van der Waals surface area contributed by atoms with Crippen LogP contribution >= 0.6 is 11.8 Å². The first-order valence-corrected chi connectivity index (χ1v) is 11.6. The molecule has 0 aliphatic carbocycles. The third-order valence-electron chi connectivity index (χ3n) is 5.46. The molecule has 6 nitrogen and oxygen atoms in total. The van der Waals surface area contributed by atoms with Crippen LogP contribution in [-0.2, 0) is 11.3 Å². The highest BCUT2D eigenvalue weighted by atomic mass is 32.2. The first-order valence-electron chi connectivity index (χ1n) is 10.7. The maximum atomic E-state index is 14.3. The van der Waals surface area contributed by atoms with Crippen LogP contribution in [0.5, 0.6) is 5.75 Å². The fourth-order valence-electron chi connectivity index (χ4n) is 3.53. The summed E-state index contributed by atoms with van der Waals surface area (Å²) in [4.78, 5) is 30.9. The van der Waals surface area contributed by atoms with E-state index < -0.39 is 11.1 Å². The van der Waals surface area contributed by atoms with Crippen molar-refractivity contribution in [2.24, 2.45) is 0 Å². The van der Waals surface area contributed by atoms with E-state index >= 15 is 0 Å². The molecule has 0 spiro atoms. The molecule has 0 radical (unpaired) electrons. The van der Waals surface area contributed by atoms with Gasteiger partial charge in [-0.05, 0) is 49.7 Å². The Kier molecular flexibility index (Phi) is 6.98. The van der Waals surface area contributed by atoms with Crippen molar-refractivity contribution in [1.82, 2.24) is 14.9 Å². The van der Waals surface area contributed by atoms with Gasteiger partial charge in [-0.1, -0.05) is 48.2 Å². The number of amides is 1. The third-order valence-corrected chi connectivity index (χ3v) is 6.51. The molecule has 0 saturated heterocycles. The van der Waals surface area contributed by atoms with Gasteiger partial charge in [-0.25, -0.2) is 9.37 Å². The normalized spacial score (nSPS) is 11.9. The number of carbonyl (C=O) groups excluding carboxylic acids is 1. The summed E-state index contributed by atoms with van der Waals surface area (Å²) < 4.78 is 21.0. The Morgan fingerprint density at radius 3 is 2.65 bits per heavy atom. The third kappa shape index (κ3) is 4.82. The van der Waals surface area contributed by atoms with E-state index in [1.165, 1.54) is 10.6 Å². The molecule has 1 aromatic heterocycles. The van der Waals surface area contributed by atoms with Crippen LogP contribution in [0, 0.1) is 12.7 Å². The molecule has 34 heavy (non-hydrogen) atoms. The van der Waals surface area contributed by atoms with Gasteiger partial charge in [0.1, 0.15) is 11.6 Å². The number of benzene rings is 3. The van der Waals surface area contributed by atoms with Gasteiger partial charge in [0.15, 0.2) is 5.16 Å². The van der Waals surface area contributed by atoms with Crippen molar-refractivity contribution in [2.75, 3.05) is 7.11 Å². The number of rotatable bonds is 7. The lowest BCUT2D eigenvalue weighted by molar-refractivity contribution is -0.120. The second kappa shape index (κ2) is 10.1. The highest BCUT2D eigenvalue weighted by Gasteiger charge is 2.21. The lowest BCUT2D eigenvalue weighted by Crippen LogP contribution is -2.31. The maximum absolute atomic E-state index is 14.3. The van der Waals surface area contributed by atoms with Gasteiger partial charge in [-0.3, -0.25) is 14.2 Å². The van der Waals surface area contributed by atoms with E-state index in [4.69, 9.17) is 4.74 Å². The Hall–Kier alpha value is -3.65. The molecule has 4 aromatic rings. The van der Waals surface area contributed by atoms with Gasteiger partial charge in [0.2, 0.25) is 5.91 Å². The van der Waals surface area contributed by atoms with Crippen LogP contribution in [0.4, 0.5) is 4.39 Å². The molecule has 0 saturated carbocycles. The zero-order chi connectivity index (χ0) is 24.2. The smallest absolute Gasteiger partial charge is 0.266 e. The number of fused-ring (bicyclic) bond motifs is 1. The second-order valence-electron chi connectivity index (χ2n) is 7.78. The lowest BCUT2D eigenvalue weighted by atomic mass is 10.2. The minimum absolute atomic E-state index is 0.222. The average Bonchev–Trinajstić information content (AvgIpc) is 2.84. The summed E-state index contributed by atoms with van der Waals surface area (Å²) in [7, 11) is 1.58. The molecule has 4 rings (SSSR count). The monoisotopic (exact) mass is 477 g/mol. The number of halogens is 1. The fourth-order valence-corrected chi connectivity index (χ4v) is 4.48. The van der Waals surface area contributed by atoms with Crippen molar-refractivity contribution in [2.45, 2.75) is 30.8 Å². The highest BCUT2D eigenvalue weighted by molar-refractivity contribution is 8.00. The molecule has 1 N–H and O–H groups in total. The van der Waals surface area contributed by atoms with E-state index in [2.05, 4.69) is 10.3 Å². The number of para-hydroxylation sites is 2. The zero-order valence-electron chi connectivity index (χ0n) is 19.0. The number of aromatic nitrogens is 2. The van der Waals surface area contributed by atoms with Crippen molar-refractivity contribution in [3.63, 3.8) is 0 Å². The van der Waals surface area contributed by atoms with Crippen LogP contribution in [0.25, 0.3) is 16.6 Å². The summed E-state index contributed by atoms with van der Waals surface area (Å²) in [5, 5.41) is 3.07. The minimum Gasteiger partial charge on any atom is -0.496 e. The molecular weight excluding hydrogens is 453 g/mol. The van der Waals surface area contributed by atoms with Gasteiger partial charge < -0.3 is 10.1 Å². The quantitative estimate of drug-likeness (QED) is 0.310. The van der Waals surface area contributed by atoms with Crippen LogP contribution in [0.3, 0.4) is 0 Å². The topological polar surface area (TPSA) is 73.2 Å². The number of thioether (sulfide) groups is 1. The van der Waals surface area contributed by atoms with Crippen molar-refractivity contribution >= 4 is 28.6 Å². The van der Waals surface area contributed by atoms with Crippen LogP contribution in [0.2, 0.25) is 0 Å². The van der Waals surface area contributed by atoms with Gasteiger partial charge in [-0.2, -0.15) is 0 Å². The predicted octanol–water partition coefficient (Wildman–Crippen LogP) is 4.64. The van der Waals surface area contributed by atoms with Crippen molar-refractivity contribution in [3.8, 4) is 11.4 Å². The number of hydrogen-bond donors (Lipinski definition) is 1. The van der Waals surface area contributed by atoms with Crippen molar-refractivity contribution in [3.05, 3.63) is 94.0 Å². The molecule has 0 aliphatic heterocycles. The van der Waals surface area contributed by atoms with Gasteiger partial charge in [0.25, 0.3) is 5.56 Å². The Balaban J connectivity index is 1.65. The van der Waals surface area contributed by atoms with Gasteiger partial charge in [0, 0.05) is 12.1 Å². The SMILES string of the molecule is COc1ccccc1CNC(=O)C(C)Sc1nc2ccccc2c(=O)n1-c1ccc(C)c(F)c1. The largest absolute Gasteiger partial charge is 0.496 e. The van der Waals surface area contributed by atoms with Crippen LogP contribution in [0.15, 0.2) is 76.7 Å². The number of nitrogens with one attached hydrogen (secondary N) is 1. The summed E-state index contributed by atoms with van der Waals surface area (Å²) in [5.74, 6) is 0.0468. The molecule has 3 aromatic carbocycles. The van der Waals surface area contributed by atoms with E-state index in [1.807, 2.05) is 24.3 Å². The van der Waals surface area contributed by atoms with Crippen LogP contribution in [-0.4, -0.2) is 27.8 Å². The standard InChI is InChI=1S/C26H24FN3O3S/c1-16-12-13-19(14-21(16)27)30-25(32)20-9-5-6-10-22(20)29-26(30)34-17(2)24(31)28-15-18-8-4-7-11-23(18)33-3/h4-14,17H,15H2,1-3H3,(H,28,31). The van der Waals surface area contributed by atoms with E-state index in [0.29, 0.717) is 39.6 Å².